The standard InChI is InChI=1S/C19H19ClN4O2S/c1-13-22-23-19(24(13)16-7-9-17(26-2)10-8-16)27-12-18(25)21-11-14-3-5-15(20)6-4-14/h3-10H,11-12H2,1-2H3,(H,21,25). The Morgan fingerprint density at radius 3 is 2.52 bits per heavy atom. The van der Waals surface area contributed by atoms with E-state index in [1.165, 1.54) is 11.8 Å². The number of benzene rings is 2. The topological polar surface area (TPSA) is 69.0 Å². The highest BCUT2D eigenvalue weighted by molar-refractivity contribution is 7.99. The van der Waals surface area contributed by atoms with Crippen LogP contribution >= 0.6 is 23.4 Å². The van der Waals surface area contributed by atoms with E-state index < -0.39 is 0 Å². The van der Waals surface area contributed by atoms with E-state index >= 15 is 0 Å². The first kappa shape index (κ1) is 19.3. The molecule has 0 spiro atoms. The molecule has 3 aromatic rings. The smallest absolute Gasteiger partial charge is 0.230 e. The number of methoxy groups -OCH3 is 1. The van der Waals surface area contributed by atoms with Crippen molar-refractivity contribution in [2.45, 2.75) is 18.6 Å². The van der Waals surface area contributed by atoms with Crippen LogP contribution in [0.15, 0.2) is 53.7 Å². The van der Waals surface area contributed by atoms with Crippen LogP contribution in [0.4, 0.5) is 0 Å². The Morgan fingerprint density at radius 1 is 1.15 bits per heavy atom. The molecule has 0 fully saturated rings. The number of carbonyl (C=O) groups excluding carboxylic acids is 1. The molecular formula is C19H19ClN4O2S. The molecule has 0 radical (unpaired) electrons. The zero-order valence-electron chi connectivity index (χ0n) is 15.0. The Labute approximate surface area is 166 Å². The molecule has 0 saturated heterocycles. The number of thioether (sulfide) groups is 1. The largest absolute Gasteiger partial charge is 0.497 e. The van der Waals surface area contributed by atoms with Gasteiger partial charge in [0.2, 0.25) is 5.91 Å². The summed E-state index contributed by atoms with van der Waals surface area (Å²) < 4.78 is 7.10. The van der Waals surface area contributed by atoms with E-state index in [1.54, 1.807) is 19.2 Å². The predicted molar refractivity (Wildman–Crippen MR) is 107 cm³/mol. The minimum atomic E-state index is -0.0723. The van der Waals surface area contributed by atoms with Crippen molar-refractivity contribution in [3.63, 3.8) is 0 Å². The van der Waals surface area contributed by atoms with Crippen LogP contribution in [0.2, 0.25) is 5.02 Å². The van der Waals surface area contributed by atoms with Crippen molar-refractivity contribution < 1.29 is 9.53 Å². The van der Waals surface area contributed by atoms with Gasteiger partial charge >= 0.3 is 0 Å². The zero-order valence-corrected chi connectivity index (χ0v) is 16.5. The minimum absolute atomic E-state index is 0.0723. The summed E-state index contributed by atoms with van der Waals surface area (Å²) in [5, 5.41) is 12.6. The second-order valence-electron chi connectivity index (χ2n) is 5.76. The summed E-state index contributed by atoms with van der Waals surface area (Å²) in [5.41, 5.74) is 1.91. The van der Waals surface area contributed by atoms with Crippen LogP contribution in [0, 0.1) is 6.92 Å². The predicted octanol–water partition coefficient (Wildman–Crippen LogP) is 3.65. The Hall–Kier alpha value is -2.51. The van der Waals surface area contributed by atoms with E-state index in [9.17, 15) is 4.79 Å². The Kier molecular flexibility index (Phi) is 6.36. The van der Waals surface area contributed by atoms with Crippen molar-refractivity contribution in [1.29, 1.82) is 0 Å². The van der Waals surface area contributed by atoms with Crippen LogP contribution in [0.5, 0.6) is 5.75 Å². The molecule has 0 bridgehead atoms. The molecule has 1 amide bonds. The fourth-order valence-electron chi connectivity index (χ4n) is 2.45. The van der Waals surface area contributed by atoms with Gasteiger partial charge in [0.05, 0.1) is 12.9 Å². The number of amides is 1. The van der Waals surface area contributed by atoms with Crippen molar-refractivity contribution in [2.75, 3.05) is 12.9 Å². The number of ether oxygens (including phenoxy) is 1. The summed E-state index contributed by atoms with van der Waals surface area (Å²) in [6.45, 7) is 2.34. The van der Waals surface area contributed by atoms with E-state index in [1.807, 2.05) is 47.9 Å². The highest BCUT2D eigenvalue weighted by atomic mass is 35.5. The van der Waals surface area contributed by atoms with Gasteiger partial charge in [0.15, 0.2) is 5.16 Å². The monoisotopic (exact) mass is 402 g/mol. The molecule has 0 aliphatic rings. The maximum absolute atomic E-state index is 12.2. The number of aromatic nitrogens is 3. The van der Waals surface area contributed by atoms with Gasteiger partial charge in [-0.2, -0.15) is 0 Å². The van der Waals surface area contributed by atoms with Crippen molar-refractivity contribution in [1.82, 2.24) is 20.1 Å². The van der Waals surface area contributed by atoms with Crippen LogP contribution < -0.4 is 10.1 Å². The first-order valence-electron chi connectivity index (χ1n) is 8.27. The van der Waals surface area contributed by atoms with E-state index in [4.69, 9.17) is 16.3 Å². The Bertz CT molecular complexity index is 910. The van der Waals surface area contributed by atoms with Crippen LogP contribution in [0.25, 0.3) is 5.69 Å². The van der Waals surface area contributed by atoms with Gasteiger partial charge in [-0.15, -0.1) is 10.2 Å². The molecule has 0 aliphatic heterocycles. The van der Waals surface area contributed by atoms with Gasteiger partial charge in [-0.1, -0.05) is 35.5 Å². The summed E-state index contributed by atoms with van der Waals surface area (Å²) in [4.78, 5) is 12.2. The average molecular weight is 403 g/mol. The summed E-state index contributed by atoms with van der Waals surface area (Å²) in [5.74, 6) is 1.71. The third-order valence-corrected chi connectivity index (χ3v) is 5.04. The number of aryl methyl sites for hydroxylation is 1. The molecular weight excluding hydrogens is 384 g/mol. The number of rotatable bonds is 7. The van der Waals surface area contributed by atoms with Gasteiger partial charge in [0, 0.05) is 17.3 Å². The minimum Gasteiger partial charge on any atom is -0.497 e. The molecule has 1 N–H and O–H groups in total. The highest BCUT2D eigenvalue weighted by Gasteiger charge is 2.13. The molecule has 27 heavy (non-hydrogen) atoms. The van der Waals surface area contributed by atoms with Crippen molar-refractivity contribution in [3.8, 4) is 11.4 Å². The molecule has 0 saturated carbocycles. The van der Waals surface area contributed by atoms with Crippen LogP contribution in [0.1, 0.15) is 11.4 Å². The van der Waals surface area contributed by atoms with E-state index in [2.05, 4.69) is 15.5 Å². The van der Waals surface area contributed by atoms with Gasteiger partial charge in [-0.05, 0) is 48.9 Å². The van der Waals surface area contributed by atoms with Crippen LogP contribution in [0.3, 0.4) is 0 Å². The number of hydrogen-bond donors (Lipinski definition) is 1. The van der Waals surface area contributed by atoms with Crippen LogP contribution in [-0.4, -0.2) is 33.5 Å². The Morgan fingerprint density at radius 2 is 1.85 bits per heavy atom. The molecule has 0 atom stereocenters. The molecule has 0 unspecified atom stereocenters. The van der Waals surface area contributed by atoms with Crippen molar-refractivity contribution >= 4 is 29.3 Å². The van der Waals surface area contributed by atoms with Crippen LogP contribution in [-0.2, 0) is 11.3 Å². The third-order valence-electron chi connectivity index (χ3n) is 3.86. The fourth-order valence-corrected chi connectivity index (χ4v) is 3.40. The molecule has 8 heteroatoms. The second kappa shape index (κ2) is 8.92. The maximum atomic E-state index is 12.2. The summed E-state index contributed by atoms with van der Waals surface area (Å²) in [6, 6.07) is 15.0. The number of hydrogen-bond acceptors (Lipinski definition) is 5. The van der Waals surface area contributed by atoms with Gasteiger partial charge in [0.1, 0.15) is 11.6 Å². The highest BCUT2D eigenvalue weighted by Crippen LogP contribution is 2.23. The second-order valence-corrected chi connectivity index (χ2v) is 7.13. The number of halogens is 1. The van der Waals surface area contributed by atoms with E-state index in [0.29, 0.717) is 16.7 Å². The van der Waals surface area contributed by atoms with Crippen molar-refractivity contribution in [2.24, 2.45) is 0 Å². The number of nitrogens with one attached hydrogen (secondary N) is 1. The third kappa shape index (κ3) is 5.02. The molecule has 3 rings (SSSR count). The van der Waals surface area contributed by atoms with Gasteiger partial charge < -0.3 is 10.1 Å². The lowest BCUT2D eigenvalue weighted by Crippen LogP contribution is -2.24. The normalized spacial score (nSPS) is 10.6. The summed E-state index contributed by atoms with van der Waals surface area (Å²) >= 11 is 7.21. The molecule has 1 aromatic heterocycles. The molecule has 140 valence electrons. The SMILES string of the molecule is COc1ccc(-n2c(C)nnc2SCC(=O)NCc2ccc(Cl)cc2)cc1. The van der Waals surface area contributed by atoms with E-state index in [0.717, 1.165) is 22.8 Å². The van der Waals surface area contributed by atoms with E-state index in [-0.39, 0.29) is 11.7 Å². The molecule has 6 nitrogen and oxygen atoms in total. The van der Waals surface area contributed by atoms with Gasteiger partial charge in [-0.25, -0.2) is 0 Å². The average Bonchev–Trinajstić information content (AvgIpc) is 3.06. The molecule has 0 aliphatic carbocycles. The van der Waals surface area contributed by atoms with Gasteiger partial charge in [-0.3, -0.25) is 9.36 Å². The number of carbonyl (C=O) groups is 1. The maximum Gasteiger partial charge on any atom is 0.230 e. The van der Waals surface area contributed by atoms with Crippen molar-refractivity contribution in [3.05, 3.63) is 64.9 Å². The first-order chi connectivity index (χ1) is 13.1. The lowest BCUT2D eigenvalue weighted by atomic mass is 10.2. The zero-order chi connectivity index (χ0) is 19.2. The quantitative estimate of drug-likeness (QED) is 0.611. The molecule has 2 aromatic carbocycles. The lowest BCUT2D eigenvalue weighted by Gasteiger charge is -2.09. The summed E-state index contributed by atoms with van der Waals surface area (Å²) in [6.07, 6.45) is 0. The number of nitrogens with zero attached hydrogens (tertiary/aromatic N) is 3. The fraction of sp³-hybridized carbons (Fsp3) is 0.211. The molecule has 1 heterocycles. The Balaban J connectivity index is 1.60. The first-order valence-corrected chi connectivity index (χ1v) is 9.63. The van der Waals surface area contributed by atoms with Gasteiger partial charge in [0.25, 0.3) is 0 Å². The summed E-state index contributed by atoms with van der Waals surface area (Å²) in [7, 11) is 1.63. The lowest BCUT2D eigenvalue weighted by molar-refractivity contribution is -0.118.